The van der Waals surface area contributed by atoms with Crippen LogP contribution in [0.5, 0.6) is 0 Å². The zero-order chi connectivity index (χ0) is 10.1. The van der Waals surface area contributed by atoms with Crippen LogP contribution in [-0.4, -0.2) is 0 Å². The van der Waals surface area contributed by atoms with Crippen molar-refractivity contribution >= 4 is 5.69 Å². The van der Waals surface area contributed by atoms with Gasteiger partial charge in [0.2, 0.25) is 0 Å². The molecular weight excluding hydrogens is 170 g/mol. The van der Waals surface area contributed by atoms with E-state index in [1.807, 2.05) is 0 Å². The normalized spacial score (nSPS) is 21.0. The second-order valence-electron chi connectivity index (χ2n) is 4.25. The summed E-state index contributed by atoms with van der Waals surface area (Å²) in [5.74, 6) is 0.572. The van der Waals surface area contributed by atoms with Crippen molar-refractivity contribution < 1.29 is 0 Å². The van der Waals surface area contributed by atoms with Crippen molar-refractivity contribution in [3.05, 3.63) is 41.6 Å². The molecule has 0 aromatic heterocycles. The minimum atomic E-state index is 0.572. The molecule has 1 unspecified atom stereocenters. The Hall–Kier alpha value is -1.24. The lowest BCUT2D eigenvalue weighted by Crippen LogP contribution is -2.04. The van der Waals surface area contributed by atoms with Gasteiger partial charge in [0.25, 0.3) is 0 Å². The number of rotatable bonds is 0. The van der Waals surface area contributed by atoms with E-state index in [4.69, 9.17) is 0 Å². The number of nitrogens with one attached hydrogen (secondary N) is 1. The van der Waals surface area contributed by atoms with E-state index >= 15 is 0 Å². The van der Waals surface area contributed by atoms with Gasteiger partial charge < -0.3 is 5.32 Å². The first kappa shape index (κ1) is 9.32. The van der Waals surface area contributed by atoms with Gasteiger partial charge in [0.05, 0.1) is 0 Å². The Balaban J connectivity index is 2.37. The summed E-state index contributed by atoms with van der Waals surface area (Å²) in [4.78, 5) is 0. The molecule has 1 atom stereocenters. The van der Waals surface area contributed by atoms with Crippen LogP contribution in [0.25, 0.3) is 0 Å². The van der Waals surface area contributed by atoms with Gasteiger partial charge in [-0.05, 0) is 37.3 Å². The molecule has 0 amide bonds. The van der Waals surface area contributed by atoms with Crippen LogP contribution in [0.4, 0.5) is 5.69 Å². The maximum Gasteiger partial charge on any atom is 0.0414 e. The highest BCUT2D eigenvalue weighted by molar-refractivity contribution is 5.57. The molecule has 1 nitrogen and oxygen atoms in total. The minimum Gasteiger partial charge on any atom is -0.359 e. The molecule has 0 saturated heterocycles. The molecule has 1 aromatic carbocycles. The van der Waals surface area contributed by atoms with Crippen LogP contribution in [0.3, 0.4) is 0 Å². The molecule has 1 aliphatic heterocycles. The van der Waals surface area contributed by atoms with E-state index in [0.29, 0.717) is 5.92 Å². The number of anilines is 1. The highest BCUT2D eigenvalue weighted by Gasteiger charge is 2.14. The third kappa shape index (κ3) is 1.67. The molecule has 14 heavy (non-hydrogen) atoms. The smallest absolute Gasteiger partial charge is 0.0414 e. The average Bonchev–Trinajstić information content (AvgIpc) is 2.29. The van der Waals surface area contributed by atoms with Crippen LogP contribution in [-0.2, 0) is 6.42 Å². The fourth-order valence-electron chi connectivity index (χ4n) is 1.89. The van der Waals surface area contributed by atoms with E-state index in [0.717, 1.165) is 12.1 Å². The van der Waals surface area contributed by atoms with Crippen molar-refractivity contribution in [1.82, 2.24) is 0 Å². The number of hydrogen-bond acceptors (Lipinski definition) is 1. The summed E-state index contributed by atoms with van der Waals surface area (Å²) in [6, 6.07) is 6.58. The SMILES string of the molecule is C=C1Nc2ccc(C)cc2CCC1C. The quantitative estimate of drug-likeness (QED) is 0.655. The molecule has 0 saturated carbocycles. The van der Waals surface area contributed by atoms with Crippen molar-refractivity contribution in [2.45, 2.75) is 26.7 Å². The summed E-state index contributed by atoms with van der Waals surface area (Å²) in [6.07, 6.45) is 2.35. The van der Waals surface area contributed by atoms with Crippen LogP contribution >= 0.6 is 0 Å². The van der Waals surface area contributed by atoms with E-state index in [1.54, 1.807) is 0 Å². The molecule has 0 radical (unpaired) electrons. The van der Waals surface area contributed by atoms with Gasteiger partial charge >= 0.3 is 0 Å². The van der Waals surface area contributed by atoms with Crippen LogP contribution in [0, 0.1) is 12.8 Å². The van der Waals surface area contributed by atoms with Gasteiger partial charge in [-0.3, -0.25) is 0 Å². The Labute approximate surface area is 85.8 Å². The third-order valence-electron chi connectivity index (χ3n) is 3.00. The van der Waals surface area contributed by atoms with E-state index in [9.17, 15) is 0 Å². The molecule has 1 N–H and O–H groups in total. The molecule has 74 valence electrons. The number of allylic oxidation sites excluding steroid dienone is 1. The molecule has 1 heterocycles. The Morgan fingerprint density at radius 1 is 1.43 bits per heavy atom. The lowest BCUT2D eigenvalue weighted by molar-refractivity contribution is 0.629. The van der Waals surface area contributed by atoms with Crippen molar-refractivity contribution in [2.75, 3.05) is 5.32 Å². The predicted octanol–water partition coefficient (Wildman–Crippen LogP) is 3.50. The number of fused-ring (bicyclic) bond motifs is 1. The Morgan fingerprint density at radius 3 is 3.00 bits per heavy atom. The molecule has 1 heteroatoms. The summed E-state index contributed by atoms with van der Waals surface area (Å²) in [7, 11) is 0. The molecule has 1 aromatic rings. The van der Waals surface area contributed by atoms with Gasteiger partial charge in [-0.1, -0.05) is 31.2 Å². The van der Waals surface area contributed by atoms with Gasteiger partial charge in [0.15, 0.2) is 0 Å². The summed E-state index contributed by atoms with van der Waals surface area (Å²) in [6.45, 7) is 8.44. The van der Waals surface area contributed by atoms with Crippen LogP contribution in [0.1, 0.15) is 24.5 Å². The fourth-order valence-corrected chi connectivity index (χ4v) is 1.89. The summed E-state index contributed by atoms with van der Waals surface area (Å²) in [5, 5.41) is 3.40. The van der Waals surface area contributed by atoms with Crippen molar-refractivity contribution in [3.8, 4) is 0 Å². The third-order valence-corrected chi connectivity index (χ3v) is 3.00. The van der Waals surface area contributed by atoms with Gasteiger partial charge in [-0.2, -0.15) is 0 Å². The zero-order valence-electron chi connectivity index (χ0n) is 8.93. The number of hydrogen-bond donors (Lipinski definition) is 1. The molecule has 2 rings (SSSR count). The summed E-state index contributed by atoms with van der Waals surface area (Å²) < 4.78 is 0. The fraction of sp³-hybridized carbons (Fsp3) is 0.385. The standard InChI is InChI=1S/C13H17N/c1-9-4-7-13-12(8-9)6-5-10(2)11(3)14-13/h4,7-8,10,14H,3,5-6H2,1-2H3. The monoisotopic (exact) mass is 187 g/mol. The van der Waals surface area contributed by atoms with Crippen molar-refractivity contribution in [1.29, 1.82) is 0 Å². The van der Waals surface area contributed by atoms with Crippen molar-refractivity contribution in [2.24, 2.45) is 5.92 Å². The molecule has 0 bridgehead atoms. The topological polar surface area (TPSA) is 12.0 Å². The van der Waals surface area contributed by atoms with Crippen molar-refractivity contribution in [3.63, 3.8) is 0 Å². The molecule has 0 fully saturated rings. The highest BCUT2D eigenvalue weighted by Crippen LogP contribution is 2.28. The summed E-state index contributed by atoms with van der Waals surface area (Å²) >= 11 is 0. The first-order valence-corrected chi connectivity index (χ1v) is 5.22. The van der Waals surface area contributed by atoms with Crippen LogP contribution in [0.2, 0.25) is 0 Å². The number of aryl methyl sites for hydroxylation is 2. The van der Waals surface area contributed by atoms with Gasteiger partial charge in [-0.25, -0.2) is 0 Å². The zero-order valence-corrected chi connectivity index (χ0v) is 8.93. The van der Waals surface area contributed by atoms with Gasteiger partial charge in [0, 0.05) is 11.4 Å². The predicted molar refractivity (Wildman–Crippen MR) is 61.4 cm³/mol. The highest BCUT2D eigenvalue weighted by atomic mass is 14.9. The average molecular weight is 187 g/mol. The lowest BCUT2D eigenvalue weighted by Gasteiger charge is -2.12. The first-order chi connectivity index (χ1) is 6.66. The minimum absolute atomic E-state index is 0.572. The summed E-state index contributed by atoms with van der Waals surface area (Å²) in [5.41, 5.74) is 5.15. The maximum absolute atomic E-state index is 4.07. The van der Waals surface area contributed by atoms with E-state index in [1.165, 1.54) is 23.2 Å². The Bertz CT molecular complexity index is 365. The Morgan fingerprint density at radius 2 is 2.21 bits per heavy atom. The molecule has 0 aliphatic carbocycles. The largest absolute Gasteiger partial charge is 0.359 e. The van der Waals surface area contributed by atoms with E-state index in [-0.39, 0.29) is 0 Å². The van der Waals surface area contributed by atoms with Gasteiger partial charge in [-0.15, -0.1) is 0 Å². The van der Waals surface area contributed by atoms with Crippen LogP contribution in [0.15, 0.2) is 30.5 Å². The second-order valence-corrected chi connectivity index (χ2v) is 4.25. The maximum atomic E-state index is 4.07. The molecule has 0 spiro atoms. The Kier molecular flexibility index (Phi) is 2.32. The van der Waals surface area contributed by atoms with Gasteiger partial charge in [0.1, 0.15) is 0 Å². The molecule has 1 aliphatic rings. The second kappa shape index (κ2) is 3.49. The first-order valence-electron chi connectivity index (χ1n) is 5.22. The van der Waals surface area contributed by atoms with E-state index in [2.05, 4.69) is 43.9 Å². The van der Waals surface area contributed by atoms with E-state index < -0.39 is 0 Å². The van der Waals surface area contributed by atoms with Crippen LogP contribution < -0.4 is 5.32 Å². The lowest BCUT2D eigenvalue weighted by atomic mass is 10.0. The molecular formula is C13H17N. The number of benzene rings is 1.